The van der Waals surface area contributed by atoms with E-state index in [0.29, 0.717) is 35.1 Å². The Hall–Kier alpha value is -3.57. The van der Waals surface area contributed by atoms with Crippen molar-refractivity contribution in [1.82, 2.24) is 5.32 Å². The van der Waals surface area contributed by atoms with Crippen LogP contribution in [0.2, 0.25) is 0 Å². The second-order valence-electron chi connectivity index (χ2n) is 10.4. The summed E-state index contributed by atoms with van der Waals surface area (Å²) in [5.74, 6) is -0.725. The predicted molar refractivity (Wildman–Crippen MR) is 153 cm³/mol. The summed E-state index contributed by atoms with van der Waals surface area (Å²) in [4.78, 5) is 25.3. The van der Waals surface area contributed by atoms with Gasteiger partial charge in [0, 0.05) is 17.6 Å². The molecule has 3 N–H and O–H groups in total. The molecule has 40 heavy (non-hydrogen) atoms. The van der Waals surface area contributed by atoms with Gasteiger partial charge in [-0.1, -0.05) is 41.5 Å². The monoisotopic (exact) mass is 571 g/mol. The number of esters is 2. The zero-order chi connectivity index (χ0) is 30.1. The molecule has 216 valence electrons. The molecule has 0 heterocycles. The fraction of sp³-hybridized carbons (Fsp3) is 0.333. The van der Waals surface area contributed by atoms with E-state index in [4.69, 9.17) is 14.0 Å². The first-order valence-electron chi connectivity index (χ1n) is 12.5. The van der Waals surface area contributed by atoms with E-state index in [1.165, 1.54) is 0 Å². The van der Waals surface area contributed by atoms with Gasteiger partial charge in [0.2, 0.25) is 0 Å². The summed E-state index contributed by atoms with van der Waals surface area (Å²) in [6, 6.07) is 19.2. The quantitative estimate of drug-likeness (QED) is 0.198. The minimum absolute atomic E-state index is 0.115. The Bertz CT molecular complexity index is 1400. The average molecular weight is 572 g/mol. The first-order chi connectivity index (χ1) is 18.5. The van der Waals surface area contributed by atoms with Crippen LogP contribution in [0.3, 0.4) is 0 Å². The van der Waals surface area contributed by atoms with E-state index in [-0.39, 0.29) is 17.9 Å². The van der Waals surface area contributed by atoms with Crippen LogP contribution >= 0.6 is 0 Å². The van der Waals surface area contributed by atoms with Gasteiger partial charge in [0.15, 0.2) is 0 Å². The lowest BCUT2D eigenvalue weighted by molar-refractivity contribution is 0.0469. The largest absolute Gasteiger partial charge is 0.457 e. The van der Waals surface area contributed by atoms with Gasteiger partial charge in [-0.2, -0.15) is 8.42 Å². The molecule has 0 saturated heterocycles. The zero-order valence-corrected chi connectivity index (χ0v) is 24.4. The number of benzene rings is 3. The van der Waals surface area contributed by atoms with E-state index in [0.717, 1.165) is 11.1 Å². The molecule has 0 aliphatic rings. The molecule has 0 fully saturated rings. The maximum atomic E-state index is 12.8. The molecule has 0 aliphatic carbocycles. The maximum absolute atomic E-state index is 12.8. The number of aliphatic hydroxyl groups is 1. The van der Waals surface area contributed by atoms with Crippen LogP contribution in [0, 0.1) is 13.8 Å². The van der Waals surface area contributed by atoms with Crippen molar-refractivity contribution in [2.75, 3.05) is 12.8 Å². The Morgan fingerprint density at radius 2 is 1.52 bits per heavy atom. The second kappa shape index (κ2) is 14.2. The molecule has 1 unspecified atom stereocenters. The highest BCUT2D eigenvalue weighted by Gasteiger charge is 2.18. The average Bonchev–Trinajstić information content (AvgIpc) is 2.85. The summed E-state index contributed by atoms with van der Waals surface area (Å²) in [7, 11) is -3.67. The van der Waals surface area contributed by atoms with Crippen LogP contribution in [0.4, 0.5) is 0 Å². The molecular weight excluding hydrogens is 534 g/mol. The van der Waals surface area contributed by atoms with Crippen LogP contribution in [-0.4, -0.2) is 48.4 Å². The number of aryl methyl sites for hydroxylation is 2. The van der Waals surface area contributed by atoms with Crippen LogP contribution < -0.4 is 10.1 Å². The highest BCUT2D eigenvalue weighted by molar-refractivity contribution is 7.85. The molecule has 3 aromatic carbocycles. The molecule has 10 heteroatoms. The van der Waals surface area contributed by atoms with Crippen molar-refractivity contribution in [3.8, 4) is 5.75 Å². The fourth-order valence-corrected chi connectivity index (χ4v) is 3.39. The minimum Gasteiger partial charge on any atom is -0.457 e. The summed E-state index contributed by atoms with van der Waals surface area (Å²) in [5, 5.41) is 14.0. The van der Waals surface area contributed by atoms with E-state index in [1.807, 2.05) is 52.8 Å². The molecule has 9 nitrogen and oxygen atoms in total. The molecule has 0 radical (unpaired) electrons. The molecular formula is C30H37NO8S. The summed E-state index contributed by atoms with van der Waals surface area (Å²) in [6.07, 6.45) is -0.0743. The third kappa shape index (κ3) is 12.1. The van der Waals surface area contributed by atoms with Crippen molar-refractivity contribution in [1.29, 1.82) is 0 Å². The van der Waals surface area contributed by atoms with Gasteiger partial charge in [-0.3, -0.25) is 4.55 Å². The highest BCUT2D eigenvalue weighted by Crippen LogP contribution is 2.26. The number of hydrogen-bond donors (Lipinski definition) is 3. The summed E-state index contributed by atoms with van der Waals surface area (Å²) < 4.78 is 37.1. The molecule has 0 aromatic heterocycles. The molecule has 3 rings (SSSR count). The number of β-amino-alcohol motifs (C(OH)–C–C–N with tert-alkyl or cyclic N) is 1. The molecule has 1 atom stereocenters. The maximum Gasteiger partial charge on any atom is 0.343 e. The normalized spacial score (nSPS) is 12.1. The van der Waals surface area contributed by atoms with E-state index in [2.05, 4.69) is 5.32 Å². The number of hydrogen-bond acceptors (Lipinski definition) is 8. The second-order valence-corrected chi connectivity index (χ2v) is 11.9. The lowest BCUT2D eigenvalue weighted by atomic mass is 10.0. The van der Waals surface area contributed by atoms with Crippen molar-refractivity contribution in [2.45, 2.75) is 52.9 Å². The third-order valence-electron chi connectivity index (χ3n) is 5.40. The Kier molecular flexibility index (Phi) is 11.6. The van der Waals surface area contributed by atoms with Crippen LogP contribution in [0.1, 0.15) is 69.8 Å². The number of nitrogens with one attached hydrogen (secondary N) is 1. The van der Waals surface area contributed by atoms with Crippen molar-refractivity contribution in [3.63, 3.8) is 0 Å². The highest BCUT2D eigenvalue weighted by atomic mass is 32.2. The predicted octanol–water partition coefficient (Wildman–Crippen LogP) is 4.81. The Morgan fingerprint density at radius 1 is 0.900 bits per heavy atom. The van der Waals surface area contributed by atoms with Crippen LogP contribution in [0.15, 0.2) is 66.7 Å². The molecule has 0 saturated carbocycles. The molecule has 0 amide bonds. The molecule has 0 spiro atoms. The SMILES string of the molecule is CS(=O)(=O)O.Cc1ccc(C(=O)OCc2cc(C(O)CNC(C)(C)C)ccc2OC(=O)c2cccc(C)c2)cc1. The number of ether oxygens (including phenoxy) is 2. The number of aliphatic hydroxyl groups excluding tert-OH is 1. The standard InChI is InChI=1S/C29H33NO5.CH4O3S/c1-19-9-11-21(12-10-19)27(32)34-18-24-16-22(25(31)17-30-29(3,4)5)13-14-26(24)35-28(33)23-8-6-7-20(2)15-23;1-5(2,3)4/h6-16,25,30-31H,17-18H2,1-5H3;1H3,(H,2,3,4). The molecule has 0 bridgehead atoms. The van der Waals surface area contributed by atoms with E-state index >= 15 is 0 Å². The fourth-order valence-electron chi connectivity index (χ4n) is 3.39. The van der Waals surface area contributed by atoms with Gasteiger partial charge in [0.1, 0.15) is 12.4 Å². The Morgan fingerprint density at radius 3 is 2.10 bits per heavy atom. The lowest BCUT2D eigenvalue weighted by Gasteiger charge is -2.23. The Balaban J connectivity index is 0.00000103. The smallest absolute Gasteiger partial charge is 0.343 e. The molecule has 0 aliphatic heterocycles. The van der Waals surface area contributed by atoms with Crippen LogP contribution in [0.25, 0.3) is 0 Å². The third-order valence-corrected chi connectivity index (χ3v) is 5.40. The minimum atomic E-state index is -3.67. The van der Waals surface area contributed by atoms with Gasteiger partial charge in [0.05, 0.1) is 23.5 Å². The number of carbonyl (C=O) groups is 2. The van der Waals surface area contributed by atoms with Gasteiger partial charge in [0.25, 0.3) is 10.1 Å². The topological polar surface area (TPSA) is 139 Å². The van der Waals surface area contributed by atoms with Crippen molar-refractivity contribution < 1.29 is 37.1 Å². The van der Waals surface area contributed by atoms with Crippen molar-refractivity contribution in [3.05, 3.63) is 100 Å². The van der Waals surface area contributed by atoms with Crippen molar-refractivity contribution >= 4 is 22.1 Å². The van der Waals surface area contributed by atoms with Crippen LogP contribution in [0.5, 0.6) is 5.75 Å². The zero-order valence-electron chi connectivity index (χ0n) is 23.6. The first-order valence-corrected chi connectivity index (χ1v) is 14.4. The van der Waals surface area contributed by atoms with Gasteiger partial charge in [-0.15, -0.1) is 0 Å². The number of rotatable bonds is 8. The van der Waals surface area contributed by atoms with Crippen molar-refractivity contribution in [2.24, 2.45) is 0 Å². The summed E-state index contributed by atoms with van der Waals surface area (Å²) in [6.45, 7) is 10.1. The van der Waals surface area contributed by atoms with Gasteiger partial charge < -0.3 is 19.9 Å². The Labute approximate surface area is 235 Å². The number of carbonyl (C=O) groups excluding carboxylic acids is 2. The van der Waals surface area contributed by atoms with E-state index in [1.54, 1.807) is 48.5 Å². The summed E-state index contributed by atoms with van der Waals surface area (Å²) >= 11 is 0. The lowest BCUT2D eigenvalue weighted by Crippen LogP contribution is -2.38. The van der Waals surface area contributed by atoms with Gasteiger partial charge in [-0.05, 0) is 76.6 Å². The van der Waals surface area contributed by atoms with E-state index < -0.39 is 28.2 Å². The van der Waals surface area contributed by atoms with Gasteiger partial charge >= 0.3 is 11.9 Å². The van der Waals surface area contributed by atoms with Crippen LogP contribution in [-0.2, 0) is 21.5 Å². The first kappa shape index (κ1) is 32.6. The summed E-state index contributed by atoms with van der Waals surface area (Å²) in [5.41, 5.74) is 3.79. The van der Waals surface area contributed by atoms with E-state index in [9.17, 15) is 23.1 Å². The van der Waals surface area contributed by atoms with Gasteiger partial charge in [-0.25, -0.2) is 9.59 Å². The molecule has 3 aromatic rings.